The Labute approximate surface area is 187 Å². The summed E-state index contributed by atoms with van der Waals surface area (Å²) in [5, 5.41) is 2.11. The van der Waals surface area contributed by atoms with Crippen LogP contribution in [0.3, 0.4) is 0 Å². The average Bonchev–Trinajstić information content (AvgIpc) is 2.84. The molecule has 2 aromatic heterocycles. The molecule has 4 heteroatoms. The van der Waals surface area contributed by atoms with Gasteiger partial charge in [-0.3, -0.25) is 0 Å². The van der Waals surface area contributed by atoms with Crippen molar-refractivity contribution in [2.24, 2.45) is 0 Å². The average molecular weight is 421 g/mol. The fourth-order valence-electron chi connectivity index (χ4n) is 3.99. The number of hydrogen-bond acceptors (Lipinski definition) is 4. The lowest BCUT2D eigenvalue weighted by Crippen LogP contribution is -1.96. The number of pyridine rings is 2. The van der Waals surface area contributed by atoms with Crippen LogP contribution in [0.15, 0.2) is 84.9 Å². The summed E-state index contributed by atoms with van der Waals surface area (Å²) >= 11 is 0. The van der Waals surface area contributed by atoms with Gasteiger partial charge in [0.25, 0.3) is 0 Å². The molecule has 0 spiro atoms. The van der Waals surface area contributed by atoms with Crippen molar-refractivity contribution in [3.63, 3.8) is 0 Å². The van der Waals surface area contributed by atoms with Gasteiger partial charge in [0.1, 0.15) is 11.5 Å². The van der Waals surface area contributed by atoms with Crippen LogP contribution in [0.4, 0.5) is 0 Å². The molecule has 0 unspecified atom stereocenters. The van der Waals surface area contributed by atoms with Crippen molar-refractivity contribution in [3.05, 3.63) is 84.9 Å². The minimum Gasteiger partial charge on any atom is -0.493 e. The van der Waals surface area contributed by atoms with Gasteiger partial charge in [-0.1, -0.05) is 48.5 Å². The molecule has 5 aromatic rings. The molecule has 0 aliphatic carbocycles. The molecule has 0 aliphatic heterocycles. The third-order valence-corrected chi connectivity index (χ3v) is 5.45. The van der Waals surface area contributed by atoms with Gasteiger partial charge in [0, 0.05) is 21.9 Å². The summed E-state index contributed by atoms with van der Waals surface area (Å²) in [5.74, 6) is 1.67. The monoisotopic (exact) mass is 420 g/mol. The van der Waals surface area contributed by atoms with E-state index >= 15 is 0 Å². The SMILES string of the molecule is CCOc1ccccc1-c1ccc2ccc3ccc(-c4ccccc4OCC)nc3c2n1. The summed E-state index contributed by atoms with van der Waals surface area (Å²) < 4.78 is 11.7. The first-order valence-corrected chi connectivity index (χ1v) is 10.9. The quantitative estimate of drug-likeness (QED) is 0.280. The highest BCUT2D eigenvalue weighted by Crippen LogP contribution is 2.34. The van der Waals surface area contributed by atoms with Gasteiger partial charge in [-0.15, -0.1) is 0 Å². The highest BCUT2D eigenvalue weighted by molar-refractivity contribution is 6.04. The molecule has 32 heavy (non-hydrogen) atoms. The van der Waals surface area contributed by atoms with E-state index < -0.39 is 0 Å². The van der Waals surface area contributed by atoms with Crippen LogP contribution in [-0.4, -0.2) is 23.2 Å². The highest BCUT2D eigenvalue weighted by atomic mass is 16.5. The Morgan fingerprint density at radius 3 is 1.38 bits per heavy atom. The molecule has 0 radical (unpaired) electrons. The Balaban J connectivity index is 1.71. The number of nitrogens with zero attached hydrogens (tertiary/aromatic N) is 2. The molecule has 0 fully saturated rings. The fraction of sp³-hybridized carbons (Fsp3) is 0.143. The van der Waals surface area contributed by atoms with Crippen molar-refractivity contribution in [3.8, 4) is 34.0 Å². The standard InChI is InChI=1S/C28H24N2O2/c1-3-31-25-11-7-5-9-21(25)23-17-15-19-13-14-20-16-18-24(30-28(20)27(19)29-23)22-10-6-8-12-26(22)32-4-2/h5-18H,3-4H2,1-2H3. The van der Waals surface area contributed by atoms with Gasteiger partial charge in [-0.05, 0) is 50.2 Å². The Kier molecular flexibility index (Phi) is 5.42. The zero-order valence-electron chi connectivity index (χ0n) is 18.2. The number of benzene rings is 3. The normalized spacial score (nSPS) is 11.1. The van der Waals surface area contributed by atoms with E-state index in [-0.39, 0.29) is 0 Å². The molecule has 0 N–H and O–H groups in total. The molecule has 158 valence electrons. The summed E-state index contributed by atoms with van der Waals surface area (Å²) in [7, 11) is 0. The zero-order valence-corrected chi connectivity index (χ0v) is 18.2. The maximum absolute atomic E-state index is 5.83. The maximum Gasteiger partial charge on any atom is 0.128 e. The molecule has 5 rings (SSSR count). The molecular weight excluding hydrogens is 396 g/mol. The van der Waals surface area contributed by atoms with Crippen molar-refractivity contribution in [2.75, 3.05) is 13.2 Å². The van der Waals surface area contributed by atoms with Gasteiger partial charge in [-0.25, -0.2) is 9.97 Å². The Morgan fingerprint density at radius 2 is 0.938 bits per heavy atom. The van der Waals surface area contributed by atoms with Crippen molar-refractivity contribution in [1.82, 2.24) is 9.97 Å². The first-order chi connectivity index (χ1) is 15.8. The lowest BCUT2D eigenvalue weighted by atomic mass is 10.0. The van der Waals surface area contributed by atoms with E-state index in [0.717, 1.165) is 55.8 Å². The van der Waals surface area contributed by atoms with Crippen LogP contribution in [0, 0.1) is 0 Å². The first-order valence-electron chi connectivity index (χ1n) is 10.9. The van der Waals surface area contributed by atoms with E-state index in [4.69, 9.17) is 19.4 Å². The van der Waals surface area contributed by atoms with Crippen molar-refractivity contribution < 1.29 is 9.47 Å². The first kappa shape index (κ1) is 20.0. The van der Waals surface area contributed by atoms with E-state index in [9.17, 15) is 0 Å². The molecule has 0 atom stereocenters. The predicted octanol–water partition coefficient (Wildman–Crippen LogP) is 6.91. The largest absolute Gasteiger partial charge is 0.493 e. The maximum atomic E-state index is 5.83. The van der Waals surface area contributed by atoms with Gasteiger partial charge in [0.05, 0.1) is 35.6 Å². The lowest BCUT2D eigenvalue weighted by Gasteiger charge is -2.12. The Bertz CT molecular complexity index is 1300. The van der Waals surface area contributed by atoms with Crippen LogP contribution in [0.2, 0.25) is 0 Å². The Hall–Kier alpha value is -3.92. The van der Waals surface area contributed by atoms with E-state index in [2.05, 4.69) is 24.3 Å². The lowest BCUT2D eigenvalue weighted by molar-refractivity contribution is 0.341. The smallest absolute Gasteiger partial charge is 0.128 e. The molecule has 3 aromatic carbocycles. The van der Waals surface area contributed by atoms with Crippen LogP contribution in [0.1, 0.15) is 13.8 Å². The highest BCUT2D eigenvalue weighted by Gasteiger charge is 2.12. The molecule has 0 saturated carbocycles. The molecule has 4 nitrogen and oxygen atoms in total. The number of fused-ring (bicyclic) bond motifs is 3. The number of ether oxygens (including phenoxy) is 2. The minimum atomic E-state index is 0.609. The summed E-state index contributed by atoms with van der Waals surface area (Å²) in [6.07, 6.45) is 0. The second-order valence-corrected chi connectivity index (χ2v) is 7.46. The summed E-state index contributed by atoms with van der Waals surface area (Å²) in [4.78, 5) is 10.1. The zero-order chi connectivity index (χ0) is 21.9. The van der Waals surface area contributed by atoms with Crippen LogP contribution >= 0.6 is 0 Å². The molecule has 0 saturated heterocycles. The third-order valence-electron chi connectivity index (χ3n) is 5.45. The topological polar surface area (TPSA) is 44.2 Å². The molecule has 0 aliphatic rings. The van der Waals surface area contributed by atoms with Gasteiger partial charge < -0.3 is 9.47 Å². The fourth-order valence-corrected chi connectivity index (χ4v) is 3.99. The van der Waals surface area contributed by atoms with Gasteiger partial charge in [0.15, 0.2) is 0 Å². The number of hydrogen-bond donors (Lipinski definition) is 0. The summed E-state index contributed by atoms with van der Waals surface area (Å²) in [6.45, 7) is 5.20. The Morgan fingerprint density at radius 1 is 0.531 bits per heavy atom. The number of para-hydroxylation sites is 2. The second-order valence-electron chi connectivity index (χ2n) is 7.46. The van der Waals surface area contributed by atoms with Crippen molar-refractivity contribution >= 4 is 21.8 Å². The van der Waals surface area contributed by atoms with E-state index in [1.807, 2.05) is 74.5 Å². The minimum absolute atomic E-state index is 0.609. The van der Waals surface area contributed by atoms with Crippen molar-refractivity contribution in [1.29, 1.82) is 0 Å². The van der Waals surface area contributed by atoms with Gasteiger partial charge >= 0.3 is 0 Å². The summed E-state index contributed by atoms with van der Waals surface area (Å²) in [6, 6.07) is 28.5. The van der Waals surface area contributed by atoms with Crippen molar-refractivity contribution in [2.45, 2.75) is 13.8 Å². The van der Waals surface area contributed by atoms with E-state index in [1.165, 1.54) is 0 Å². The van der Waals surface area contributed by atoms with Crippen LogP contribution in [0.5, 0.6) is 11.5 Å². The van der Waals surface area contributed by atoms with Crippen LogP contribution in [0.25, 0.3) is 44.3 Å². The number of aromatic nitrogens is 2. The number of rotatable bonds is 6. The molecule has 0 bridgehead atoms. The van der Waals surface area contributed by atoms with Crippen LogP contribution < -0.4 is 9.47 Å². The second kappa shape index (κ2) is 8.67. The van der Waals surface area contributed by atoms with E-state index in [1.54, 1.807) is 0 Å². The molecule has 0 amide bonds. The molecule has 2 heterocycles. The molecular formula is C28H24N2O2. The summed E-state index contributed by atoms with van der Waals surface area (Å²) in [5.41, 5.74) is 5.45. The third kappa shape index (κ3) is 3.65. The van der Waals surface area contributed by atoms with E-state index in [0.29, 0.717) is 13.2 Å². The predicted molar refractivity (Wildman–Crippen MR) is 130 cm³/mol. The van der Waals surface area contributed by atoms with Gasteiger partial charge in [-0.2, -0.15) is 0 Å². The van der Waals surface area contributed by atoms with Gasteiger partial charge in [0.2, 0.25) is 0 Å². The van der Waals surface area contributed by atoms with Crippen LogP contribution in [-0.2, 0) is 0 Å².